The van der Waals surface area contributed by atoms with E-state index < -0.39 is 0 Å². The normalized spacial score (nSPS) is 24.7. The summed E-state index contributed by atoms with van der Waals surface area (Å²) >= 11 is 0. The molecule has 4 heterocycles. The fourth-order valence-corrected chi connectivity index (χ4v) is 5.52. The largest absolute Gasteiger partial charge is 0.423 e. The SMILES string of the molecule is CO[C@H]1CCCN(C(=O)C2CCN(C3CCN(c4nc5ccccc5o4)CC3)CC2)C1. The highest BCUT2D eigenvalue weighted by molar-refractivity contribution is 5.79. The van der Waals surface area contributed by atoms with Gasteiger partial charge >= 0.3 is 0 Å². The molecular formula is C24H34N4O3. The van der Waals surface area contributed by atoms with Gasteiger partial charge in [-0.2, -0.15) is 4.98 Å². The van der Waals surface area contributed by atoms with Crippen LogP contribution in [0.4, 0.5) is 6.01 Å². The van der Waals surface area contributed by atoms with E-state index in [9.17, 15) is 4.79 Å². The molecule has 0 unspecified atom stereocenters. The molecule has 0 bridgehead atoms. The van der Waals surface area contributed by atoms with Crippen LogP contribution in [0.2, 0.25) is 0 Å². The van der Waals surface area contributed by atoms with Gasteiger partial charge in [-0.3, -0.25) is 4.79 Å². The second-order valence-electron chi connectivity index (χ2n) is 9.28. The van der Waals surface area contributed by atoms with Gasteiger partial charge in [0, 0.05) is 45.2 Å². The first kappa shape index (κ1) is 20.8. The summed E-state index contributed by atoms with van der Waals surface area (Å²) in [5.41, 5.74) is 1.79. The summed E-state index contributed by atoms with van der Waals surface area (Å²) in [4.78, 5) is 24.6. The number of amides is 1. The molecule has 1 aromatic carbocycles. The number of anilines is 1. The number of rotatable bonds is 4. The predicted molar refractivity (Wildman–Crippen MR) is 120 cm³/mol. The highest BCUT2D eigenvalue weighted by Gasteiger charge is 2.34. The third-order valence-corrected chi connectivity index (χ3v) is 7.44. The molecular weight excluding hydrogens is 392 g/mol. The van der Waals surface area contributed by atoms with Crippen LogP contribution >= 0.6 is 0 Å². The molecule has 3 aliphatic rings. The van der Waals surface area contributed by atoms with E-state index in [1.54, 1.807) is 7.11 Å². The van der Waals surface area contributed by atoms with Crippen molar-refractivity contribution in [1.82, 2.24) is 14.8 Å². The van der Waals surface area contributed by atoms with Gasteiger partial charge in [0.25, 0.3) is 6.01 Å². The van der Waals surface area contributed by atoms with Gasteiger partial charge in [-0.25, -0.2) is 0 Å². The van der Waals surface area contributed by atoms with Crippen LogP contribution in [0.3, 0.4) is 0 Å². The van der Waals surface area contributed by atoms with Crippen LogP contribution in [-0.2, 0) is 9.53 Å². The molecule has 1 atom stereocenters. The third kappa shape index (κ3) is 4.44. The van der Waals surface area contributed by atoms with Crippen LogP contribution in [0.5, 0.6) is 0 Å². The second-order valence-corrected chi connectivity index (χ2v) is 9.28. The number of carbonyl (C=O) groups excluding carboxylic acids is 1. The van der Waals surface area contributed by atoms with E-state index in [-0.39, 0.29) is 12.0 Å². The maximum Gasteiger partial charge on any atom is 0.298 e. The number of methoxy groups -OCH3 is 1. The van der Waals surface area contributed by atoms with Gasteiger partial charge in [-0.15, -0.1) is 0 Å². The van der Waals surface area contributed by atoms with Crippen LogP contribution in [0.1, 0.15) is 38.5 Å². The number of ether oxygens (including phenoxy) is 1. The smallest absolute Gasteiger partial charge is 0.298 e. The summed E-state index contributed by atoms with van der Waals surface area (Å²) in [6, 6.07) is 9.31. The average molecular weight is 427 g/mol. The zero-order valence-electron chi connectivity index (χ0n) is 18.5. The first-order chi connectivity index (χ1) is 15.2. The second kappa shape index (κ2) is 9.17. The van der Waals surface area contributed by atoms with Crippen LogP contribution in [-0.4, -0.2) is 79.2 Å². The number of oxazole rings is 1. The Bertz CT molecular complexity index is 851. The van der Waals surface area contributed by atoms with E-state index in [0.717, 1.165) is 94.9 Å². The van der Waals surface area contributed by atoms with Gasteiger partial charge in [0.05, 0.1) is 6.10 Å². The van der Waals surface area contributed by atoms with Crippen molar-refractivity contribution in [2.45, 2.75) is 50.7 Å². The fourth-order valence-electron chi connectivity index (χ4n) is 5.52. The maximum atomic E-state index is 13.0. The summed E-state index contributed by atoms with van der Waals surface area (Å²) in [7, 11) is 1.76. The summed E-state index contributed by atoms with van der Waals surface area (Å²) in [5, 5.41) is 0. The van der Waals surface area contributed by atoms with Crippen molar-refractivity contribution in [3.05, 3.63) is 24.3 Å². The summed E-state index contributed by atoms with van der Waals surface area (Å²) < 4.78 is 11.4. The van der Waals surface area contributed by atoms with Crippen molar-refractivity contribution >= 4 is 23.0 Å². The lowest BCUT2D eigenvalue weighted by Gasteiger charge is -2.42. The lowest BCUT2D eigenvalue weighted by atomic mass is 9.91. The lowest BCUT2D eigenvalue weighted by molar-refractivity contribution is -0.140. The molecule has 1 aromatic heterocycles. The maximum absolute atomic E-state index is 13.0. The lowest BCUT2D eigenvalue weighted by Crippen LogP contribution is -2.51. The van der Waals surface area contributed by atoms with Gasteiger partial charge < -0.3 is 23.9 Å². The van der Waals surface area contributed by atoms with Crippen LogP contribution in [0, 0.1) is 5.92 Å². The molecule has 0 N–H and O–H groups in total. The molecule has 0 aliphatic carbocycles. The van der Waals surface area contributed by atoms with Crippen molar-refractivity contribution < 1.29 is 13.9 Å². The van der Waals surface area contributed by atoms with Crippen LogP contribution < -0.4 is 4.90 Å². The van der Waals surface area contributed by atoms with Crippen LogP contribution in [0.25, 0.3) is 11.1 Å². The van der Waals surface area contributed by atoms with Crippen molar-refractivity contribution in [1.29, 1.82) is 0 Å². The number of piperidine rings is 3. The summed E-state index contributed by atoms with van der Waals surface area (Å²) in [5.74, 6) is 0.541. The number of hydrogen-bond acceptors (Lipinski definition) is 6. The molecule has 0 spiro atoms. The van der Waals surface area contributed by atoms with Gasteiger partial charge in [0.2, 0.25) is 5.91 Å². The minimum absolute atomic E-state index is 0.187. The molecule has 7 nitrogen and oxygen atoms in total. The van der Waals surface area contributed by atoms with E-state index >= 15 is 0 Å². The Kier molecular flexibility index (Phi) is 6.14. The van der Waals surface area contributed by atoms with E-state index in [2.05, 4.69) is 19.7 Å². The monoisotopic (exact) mass is 426 g/mol. The Morgan fingerprint density at radius 2 is 1.81 bits per heavy atom. The first-order valence-corrected chi connectivity index (χ1v) is 11.9. The highest BCUT2D eigenvalue weighted by atomic mass is 16.5. The molecule has 7 heteroatoms. The van der Waals surface area contributed by atoms with Gasteiger partial charge in [0.15, 0.2) is 5.58 Å². The molecule has 0 saturated carbocycles. The van der Waals surface area contributed by atoms with E-state index in [4.69, 9.17) is 9.15 Å². The minimum atomic E-state index is 0.187. The topological polar surface area (TPSA) is 62.1 Å². The van der Waals surface area contributed by atoms with Crippen molar-refractivity contribution in [2.24, 2.45) is 5.92 Å². The number of para-hydroxylation sites is 2. The number of nitrogens with zero attached hydrogens (tertiary/aromatic N) is 4. The zero-order chi connectivity index (χ0) is 21.2. The third-order valence-electron chi connectivity index (χ3n) is 7.44. The molecule has 168 valence electrons. The standard InChI is InChI=1S/C24H34N4O3/c1-30-20-5-4-12-28(17-20)23(29)18-8-13-26(14-9-18)19-10-15-27(16-11-19)24-25-21-6-2-3-7-22(21)31-24/h2-3,6-7,18-20H,4-5,8-17H2,1H3/t20-/m0/s1. The van der Waals surface area contributed by atoms with Crippen molar-refractivity contribution in [3.8, 4) is 0 Å². The Morgan fingerprint density at radius 3 is 2.55 bits per heavy atom. The number of likely N-dealkylation sites (tertiary alicyclic amines) is 2. The van der Waals surface area contributed by atoms with Gasteiger partial charge in [-0.05, 0) is 63.7 Å². The number of aromatic nitrogens is 1. The minimum Gasteiger partial charge on any atom is -0.423 e. The number of carbonyl (C=O) groups is 1. The quantitative estimate of drug-likeness (QED) is 0.749. The highest BCUT2D eigenvalue weighted by Crippen LogP contribution is 2.29. The molecule has 3 fully saturated rings. The number of benzene rings is 1. The van der Waals surface area contributed by atoms with Gasteiger partial charge in [0.1, 0.15) is 5.52 Å². The number of fused-ring (bicyclic) bond motifs is 1. The Hall–Kier alpha value is -2.12. The van der Waals surface area contributed by atoms with Gasteiger partial charge in [-0.1, -0.05) is 12.1 Å². The predicted octanol–water partition coefficient (Wildman–Crippen LogP) is 3.15. The zero-order valence-corrected chi connectivity index (χ0v) is 18.5. The van der Waals surface area contributed by atoms with E-state index in [1.165, 1.54) is 0 Å². The average Bonchev–Trinajstić information content (AvgIpc) is 3.28. The van der Waals surface area contributed by atoms with E-state index in [1.807, 2.05) is 24.3 Å². The Balaban J connectivity index is 1.10. The molecule has 3 aliphatic heterocycles. The van der Waals surface area contributed by atoms with Crippen molar-refractivity contribution in [2.75, 3.05) is 51.3 Å². The Labute approximate surface area is 184 Å². The summed E-state index contributed by atoms with van der Waals surface area (Å²) in [6.45, 7) is 5.68. The van der Waals surface area contributed by atoms with Crippen LogP contribution in [0.15, 0.2) is 28.7 Å². The van der Waals surface area contributed by atoms with Crippen molar-refractivity contribution in [3.63, 3.8) is 0 Å². The molecule has 1 amide bonds. The fraction of sp³-hybridized carbons (Fsp3) is 0.667. The molecule has 0 radical (unpaired) electrons. The first-order valence-electron chi connectivity index (χ1n) is 11.9. The Morgan fingerprint density at radius 1 is 1.03 bits per heavy atom. The van der Waals surface area contributed by atoms with E-state index in [0.29, 0.717) is 11.9 Å². The molecule has 2 aromatic rings. The molecule has 3 saturated heterocycles. The molecule has 5 rings (SSSR count). The summed E-state index contributed by atoms with van der Waals surface area (Å²) in [6.07, 6.45) is 6.56. The molecule has 31 heavy (non-hydrogen) atoms. The number of hydrogen-bond donors (Lipinski definition) is 0.